The highest BCUT2D eigenvalue weighted by atomic mass is 35.5. The topological polar surface area (TPSA) is 57.7 Å². The van der Waals surface area contributed by atoms with Crippen LogP contribution >= 0.6 is 11.6 Å². The van der Waals surface area contributed by atoms with Crippen molar-refractivity contribution >= 4 is 27.5 Å². The lowest BCUT2D eigenvalue weighted by Crippen LogP contribution is -2.38. The first-order valence-corrected chi connectivity index (χ1v) is 11.5. The molecule has 0 N–H and O–H groups in total. The SMILES string of the molecule is O=C1c2ccccc2S(=O)(=O)N1C(CCN1CCCCC1)c1ccc(Cl)cc1. The fourth-order valence-electron chi connectivity index (χ4n) is 4.10. The number of rotatable bonds is 5. The number of amides is 1. The fourth-order valence-corrected chi connectivity index (χ4v) is 6.00. The summed E-state index contributed by atoms with van der Waals surface area (Å²) in [6, 6.07) is 13.0. The fraction of sp³-hybridized carbons (Fsp3) is 0.381. The Kier molecular flexibility index (Phi) is 5.45. The number of benzene rings is 2. The number of nitrogens with zero attached hydrogens (tertiary/aromatic N) is 2. The number of carbonyl (C=O) groups excluding carboxylic acids is 1. The molecule has 0 aliphatic carbocycles. The van der Waals surface area contributed by atoms with Gasteiger partial charge in [-0.1, -0.05) is 42.3 Å². The molecule has 28 heavy (non-hydrogen) atoms. The van der Waals surface area contributed by atoms with Gasteiger partial charge in [-0.15, -0.1) is 0 Å². The zero-order valence-electron chi connectivity index (χ0n) is 15.6. The second kappa shape index (κ2) is 7.85. The Morgan fingerprint density at radius 3 is 2.32 bits per heavy atom. The molecule has 1 unspecified atom stereocenters. The van der Waals surface area contributed by atoms with Gasteiger partial charge in [0.2, 0.25) is 0 Å². The van der Waals surface area contributed by atoms with E-state index in [1.54, 1.807) is 30.3 Å². The summed E-state index contributed by atoms with van der Waals surface area (Å²) in [6.45, 7) is 2.80. The molecule has 0 radical (unpaired) electrons. The largest absolute Gasteiger partial charge is 0.303 e. The minimum absolute atomic E-state index is 0.0944. The summed E-state index contributed by atoms with van der Waals surface area (Å²) in [5.74, 6) is -0.450. The third-order valence-electron chi connectivity index (χ3n) is 5.56. The van der Waals surface area contributed by atoms with Crippen molar-refractivity contribution in [1.29, 1.82) is 0 Å². The van der Waals surface area contributed by atoms with Gasteiger partial charge in [-0.3, -0.25) is 4.79 Å². The van der Waals surface area contributed by atoms with Crippen LogP contribution in [-0.2, 0) is 10.0 Å². The second-order valence-electron chi connectivity index (χ2n) is 7.36. The van der Waals surface area contributed by atoms with Crippen LogP contribution in [0, 0.1) is 0 Å². The molecular weight excluding hydrogens is 396 g/mol. The molecule has 7 heteroatoms. The van der Waals surface area contributed by atoms with Crippen molar-refractivity contribution in [2.75, 3.05) is 19.6 Å². The number of halogens is 1. The van der Waals surface area contributed by atoms with Crippen LogP contribution in [0.3, 0.4) is 0 Å². The van der Waals surface area contributed by atoms with Crippen molar-refractivity contribution < 1.29 is 13.2 Å². The molecule has 4 rings (SSSR count). The van der Waals surface area contributed by atoms with E-state index in [0.29, 0.717) is 11.4 Å². The van der Waals surface area contributed by atoms with E-state index in [1.807, 2.05) is 12.1 Å². The molecule has 0 aromatic heterocycles. The van der Waals surface area contributed by atoms with Gasteiger partial charge in [-0.25, -0.2) is 12.7 Å². The molecular formula is C21H23ClN2O3S. The highest BCUT2D eigenvalue weighted by Crippen LogP contribution is 2.39. The number of hydrogen-bond acceptors (Lipinski definition) is 4. The number of likely N-dealkylation sites (tertiary alicyclic amines) is 1. The lowest BCUT2D eigenvalue weighted by atomic mass is 10.0. The van der Waals surface area contributed by atoms with Gasteiger partial charge in [0.05, 0.1) is 11.6 Å². The Labute approximate surface area is 171 Å². The van der Waals surface area contributed by atoms with Gasteiger partial charge in [0, 0.05) is 11.6 Å². The molecule has 2 heterocycles. The molecule has 1 atom stereocenters. The van der Waals surface area contributed by atoms with Crippen molar-refractivity contribution in [1.82, 2.24) is 9.21 Å². The van der Waals surface area contributed by atoms with Gasteiger partial charge in [0.25, 0.3) is 15.9 Å². The van der Waals surface area contributed by atoms with Crippen LogP contribution in [0.15, 0.2) is 53.4 Å². The second-order valence-corrected chi connectivity index (χ2v) is 9.58. The maximum absolute atomic E-state index is 13.2. The molecule has 2 aromatic rings. The maximum atomic E-state index is 13.2. The quantitative estimate of drug-likeness (QED) is 0.733. The van der Waals surface area contributed by atoms with Crippen LogP contribution in [0.4, 0.5) is 0 Å². The summed E-state index contributed by atoms with van der Waals surface area (Å²) >= 11 is 6.03. The first kappa shape index (κ1) is 19.4. The first-order chi connectivity index (χ1) is 13.5. The summed E-state index contributed by atoms with van der Waals surface area (Å²) in [6.07, 6.45) is 4.13. The van der Waals surface area contributed by atoms with Gasteiger partial charge in [-0.2, -0.15) is 0 Å². The molecule has 0 bridgehead atoms. The van der Waals surface area contributed by atoms with Crippen LogP contribution < -0.4 is 0 Å². The predicted molar refractivity (Wildman–Crippen MR) is 109 cm³/mol. The molecule has 1 saturated heterocycles. The molecule has 0 saturated carbocycles. The van der Waals surface area contributed by atoms with Crippen LogP contribution in [0.2, 0.25) is 5.02 Å². The maximum Gasteiger partial charge on any atom is 0.269 e. The van der Waals surface area contributed by atoms with E-state index in [1.165, 1.54) is 12.5 Å². The van der Waals surface area contributed by atoms with Gasteiger partial charge < -0.3 is 4.90 Å². The lowest BCUT2D eigenvalue weighted by molar-refractivity contribution is 0.0817. The summed E-state index contributed by atoms with van der Waals surface area (Å²) < 4.78 is 27.5. The Balaban J connectivity index is 1.69. The van der Waals surface area contributed by atoms with Crippen molar-refractivity contribution in [2.45, 2.75) is 36.6 Å². The van der Waals surface area contributed by atoms with Crippen LogP contribution in [0.5, 0.6) is 0 Å². The number of sulfonamides is 1. The normalized spacial score (nSPS) is 20.2. The number of hydrogen-bond donors (Lipinski definition) is 0. The predicted octanol–water partition coefficient (Wildman–Crippen LogP) is 4.10. The molecule has 2 aliphatic rings. The standard InChI is InChI=1S/C21H23ClN2O3S/c22-17-10-8-16(9-11-17)19(12-15-23-13-4-1-5-14-23)24-21(25)18-6-2-3-7-20(18)28(24,26)27/h2-3,6-11,19H,1,4-5,12-15H2. The lowest BCUT2D eigenvalue weighted by Gasteiger charge is -2.31. The molecule has 2 aromatic carbocycles. The minimum Gasteiger partial charge on any atom is -0.303 e. The Bertz CT molecular complexity index is 969. The zero-order chi connectivity index (χ0) is 19.7. The number of piperidine rings is 1. The van der Waals surface area contributed by atoms with E-state index in [0.717, 1.165) is 42.3 Å². The zero-order valence-corrected chi connectivity index (χ0v) is 17.1. The highest BCUT2D eigenvalue weighted by molar-refractivity contribution is 7.90. The van der Waals surface area contributed by atoms with E-state index in [9.17, 15) is 13.2 Å². The Morgan fingerprint density at radius 2 is 1.64 bits per heavy atom. The van der Waals surface area contributed by atoms with E-state index >= 15 is 0 Å². The third-order valence-corrected chi connectivity index (χ3v) is 7.66. The summed E-state index contributed by atoms with van der Waals surface area (Å²) in [5, 5.41) is 0.581. The molecule has 1 fully saturated rings. The van der Waals surface area contributed by atoms with E-state index in [-0.39, 0.29) is 10.5 Å². The van der Waals surface area contributed by atoms with Gasteiger partial charge in [-0.05, 0) is 62.2 Å². The van der Waals surface area contributed by atoms with Gasteiger partial charge >= 0.3 is 0 Å². The van der Waals surface area contributed by atoms with E-state index in [4.69, 9.17) is 11.6 Å². The van der Waals surface area contributed by atoms with E-state index in [2.05, 4.69) is 4.90 Å². The van der Waals surface area contributed by atoms with Crippen molar-refractivity contribution in [2.24, 2.45) is 0 Å². The number of fused-ring (bicyclic) bond motifs is 1. The molecule has 0 spiro atoms. The molecule has 148 valence electrons. The smallest absolute Gasteiger partial charge is 0.269 e. The Morgan fingerprint density at radius 1 is 0.964 bits per heavy atom. The van der Waals surface area contributed by atoms with Crippen LogP contribution in [-0.4, -0.2) is 43.2 Å². The Hall–Kier alpha value is -1.89. The molecule has 2 aliphatic heterocycles. The van der Waals surface area contributed by atoms with Crippen LogP contribution in [0.25, 0.3) is 0 Å². The van der Waals surface area contributed by atoms with E-state index < -0.39 is 22.0 Å². The third kappa shape index (κ3) is 3.56. The molecule has 5 nitrogen and oxygen atoms in total. The van der Waals surface area contributed by atoms with Crippen molar-refractivity contribution in [3.63, 3.8) is 0 Å². The highest BCUT2D eigenvalue weighted by Gasteiger charge is 2.45. The molecule has 1 amide bonds. The summed E-state index contributed by atoms with van der Waals surface area (Å²) in [5.41, 5.74) is 1.03. The number of carbonyl (C=O) groups is 1. The summed E-state index contributed by atoms with van der Waals surface area (Å²) in [4.78, 5) is 15.5. The van der Waals surface area contributed by atoms with Crippen molar-refractivity contribution in [3.8, 4) is 0 Å². The van der Waals surface area contributed by atoms with Gasteiger partial charge in [0.15, 0.2) is 0 Å². The summed E-state index contributed by atoms with van der Waals surface area (Å²) in [7, 11) is -3.87. The monoisotopic (exact) mass is 418 g/mol. The minimum atomic E-state index is -3.87. The first-order valence-electron chi connectivity index (χ1n) is 9.64. The van der Waals surface area contributed by atoms with Crippen LogP contribution in [0.1, 0.15) is 47.6 Å². The average molecular weight is 419 g/mol. The average Bonchev–Trinajstić information content (AvgIpc) is 2.91. The van der Waals surface area contributed by atoms with Gasteiger partial charge in [0.1, 0.15) is 4.90 Å². The van der Waals surface area contributed by atoms with Crippen molar-refractivity contribution in [3.05, 3.63) is 64.7 Å².